The molecule has 4 unspecified atom stereocenters. The van der Waals surface area contributed by atoms with Crippen molar-refractivity contribution in [2.45, 2.75) is 78.2 Å². The van der Waals surface area contributed by atoms with Gasteiger partial charge in [-0.05, 0) is 92.4 Å². The van der Waals surface area contributed by atoms with Crippen LogP contribution in [0.4, 0.5) is 0 Å². The SMILES string of the molecule is C[C@H](O)[C@H]1CCC2C3CCC4=CC(=O)CC[C@@]4(C)C3CCC21C. The molecule has 0 aliphatic heterocycles. The molecule has 0 aromatic heterocycles. The molecule has 2 nitrogen and oxygen atoms in total. The lowest BCUT2D eigenvalue weighted by Gasteiger charge is -2.58. The smallest absolute Gasteiger partial charge is 0.155 e. The van der Waals surface area contributed by atoms with Gasteiger partial charge in [0.1, 0.15) is 0 Å². The maximum absolute atomic E-state index is 11.9. The van der Waals surface area contributed by atoms with Gasteiger partial charge in [0.05, 0.1) is 6.10 Å². The molecule has 0 amide bonds. The lowest BCUT2D eigenvalue weighted by atomic mass is 9.46. The number of ketones is 1. The van der Waals surface area contributed by atoms with E-state index in [1.165, 1.54) is 37.7 Å². The maximum Gasteiger partial charge on any atom is 0.155 e. The van der Waals surface area contributed by atoms with Crippen molar-refractivity contribution in [3.05, 3.63) is 11.6 Å². The molecule has 0 bridgehead atoms. The van der Waals surface area contributed by atoms with Crippen LogP contribution in [-0.4, -0.2) is 17.0 Å². The van der Waals surface area contributed by atoms with Crippen molar-refractivity contribution >= 4 is 5.78 Å². The van der Waals surface area contributed by atoms with Gasteiger partial charge in [-0.1, -0.05) is 19.4 Å². The Balaban J connectivity index is 1.66. The first kappa shape index (κ1) is 15.9. The Bertz CT molecular complexity index is 548. The van der Waals surface area contributed by atoms with Gasteiger partial charge in [-0.3, -0.25) is 4.79 Å². The van der Waals surface area contributed by atoms with Crippen molar-refractivity contribution in [2.75, 3.05) is 0 Å². The van der Waals surface area contributed by atoms with Crippen LogP contribution in [0.5, 0.6) is 0 Å². The fourth-order valence-corrected chi connectivity index (χ4v) is 7.39. The van der Waals surface area contributed by atoms with Crippen molar-refractivity contribution in [2.24, 2.45) is 34.5 Å². The average Bonchev–Trinajstić information content (AvgIpc) is 2.85. The van der Waals surface area contributed by atoms with Crippen molar-refractivity contribution in [1.82, 2.24) is 0 Å². The monoisotopic (exact) mass is 316 g/mol. The maximum atomic E-state index is 11.9. The molecule has 0 heterocycles. The van der Waals surface area contributed by atoms with E-state index in [9.17, 15) is 9.90 Å². The lowest BCUT2D eigenvalue weighted by molar-refractivity contribution is -0.117. The molecule has 7 atom stereocenters. The number of rotatable bonds is 1. The number of aliphatic hydroxyl groups is 1. The summed E-state index contributed by atoms with van der Waals surface area (Å²) in [4.78, 5) is 11.9. The van der Waals surface area contributed by atoms with E-state index in [0.717, 1.165) is 37.0 Å². The molecule has 0 radical (unpaired) electrons. The Morgan fingerprint density at radius 2 is 1.87 bits per heavy atom. The summed E-state index contributed by atoms with van der Waals surface area (Å²) in [5.41, 5.74) is 2.09. The molecule has 2 heteroatoms. The summed E-state index contributed by atoms with van der Waals surface area (Å²) >= 11 is 0. The normalized spacial score (nSPS) is 50.6. The summed E-state index contributed by atoms with van der Waals surface area (Å²) in [5.74, 6) is 3.21. The van der Waals surface area contributed by atoms with Crippen LogP contribution in [0, 0.1) is 34.5 Å². The number of aliphatic hydroxyl groups excluding tert-OH is 1. The number of fused-ring (bicyclic) bond motifs is 5. The van der Waals surface area contributed by atoms with E-state index in [-0.39, 0.29) is 11.5 Å². The van der Waals surface area contributed by atoms with E-state index in [4.69, 9.17) is 0 Å². The minimum Gasteiger partial charge on any atom is -0.393 e. The van der Waals surface area contributed by atoms with Crippen LogP contribution in [-0.2, 0) is 4.79 Å². The zero-order chi connectivity index (χ0) is 16.4. The van der Waals surface area contributed by atoms with Gasteiger partial charge in [-0.2, -0.15) is 0 Å². The molecule has 3 saturated carbocycles. The number of carbonyl (C=O) groups is 1. The predicted molar refractivity (Wildman–Crippen MR) is 91.9 cm³/mol. The van der Waals surface area contributed by atoms with Crippen LogP contribution in [0.1, 0.15) is 72.1 Å². The lowest BCUT2D eigenvalue weighted by Crippen LogP contribution is -2.51. The molecule has 0 aromatic carbocycles. The quantitative estimate of drug-likeness (QED) is 0.772. The standard InChI is InChI=1S/C21H32O2/c1-13(22)17-6-7-18-16-5-4-14-12-15(23)8-10-20(14,2)19(16)9-11-21(17,18)3/h12-13,16-19,22H,4-11H2,1-3H3/t13-,16?,17+,18?,19?,20+,21?/m0/s1. The van der Waals surface area contributed by atoms with Gasteiger partial charge in [0.15, 0.2) is 5.78 Å². The number of allylic oxidation sites excluding steroid dienone is 1. The van der Waals surface area contributed by atoms with Crippen LogP contribution in [0.25, 0.3) is 0 Å². The Morgan fingerprint density at radius 3 is 2.61 bits per heavy atom. The first-order valence-electron chi connectivity index (χ1n) is 9.78. The van der Waals surface area contributed by atoms with Crippen LogP contribution in [0.2, 0.25) is 0 Å². The molecule has 0 spiro atoms. The number of hydrogen-bond donors (Lipinski definition) is 1. The highest BCUT2D eigenvalue weighted by Crippen LogP contribution is 2.66. The molecule has 0 saturated heterocycles. The van der Waals surface area contributed by atoms with E-state index < -0.39 is 0 Å². The van der Waals surface area contributed by atoms with E-state index in [0.29, 0.717) is 17.1 Å². The van der Waals surface area contributed by atoms with Gasteiger partial charge < -0.3 is 5.11 Å². The van der Waals surface area contributed by atoms with E-state index in [2.05, 4.69) is 13.8 Å². The summed E-state index contributed by atoms with van der Waals surface area (Å²) in [6, 6.07) is 0. The summed E-state index contributed by atoms with van der Waals surface area (Å²) < 4.78 is 0. The predicted octanol–water partition coefficient (Wildman–Crippen LogP) is 4.52. The Labute approximate surface area is 140 Å². The second-order valence-corrected chi connectivity index (χ2v) is 9.44. The summed E-state index contributed by atoms with van der Waals surface area (Å²) in [6.45, 7) is 6.92. The highest BCUT2D eigenvalue weighted by molar-refractivity contribution is 5.91. The molecule has 1 N–H and O–H groups in total. The van der Waals surface area contributed by atoms with E-state index in [1.807, 2.05) is 13.0 Å². The number of hydrogen-bond acceptors (Lipinski definition) is 2. The third-order valence-corrected chi connectivity index (χ3v) is 8.62. The summed E-state index contributed by atoms with van der Waals surface area (Å²) in [7, 11) is 0. The van der Waals surface area contributed by atoms with Crippen molar-refractivity contribution in [3.63, 3.8) is 0 Å². The second-order valence-electron chi connectivity index (χ2n) is 9.44. The minimum absolute atomic E-state index is 0.163. The van der Waals surface area contributed by atoms with Crippen molar-refractivity contribution in [1.29, 1.82) is 0 Å². The molecule has 23 heavy (non-hydrogen) atoms. The topological polar surface area (TPSA) is 37.3 Å². The van der Waals surface area contributed by atoms with Gasteiger partial charge >= 0.3 is 0 Å². The minimum atomic E-state index is -0.163. The molecule has 4 aliphatic rings. The Morgan fingerprint density at radius 1 is 1.09 bits per heavy atom. The highest BCUT2D eigenvalue weighted by atomic mass is 16.3. The van der Waals surface area contributed by atoms with Crippen LogP contribution >= 0.6 is 0 Å². The fraction of sp³-hybridized carbons (Fsp3) is 0.857. The zero-order valence-electron chi connectivity index (χ0n) is 15.0. The van der Waals surface area contributed by atoms with Gasteiger partial charge in [-0.15, -0.1) is 0 Å². The molecule has 128 valence electrons. The van der Waals surface area contributed by atoms with E-state index in [1.54, 1.807) is 0 Å². The summed E-state index contributed by atoms with van der Waals surface area (Å²) in [5, 5.41) is 10.3. The third-order valence-electron chi connectivity index (χ3n) is 8.62. The number of carbonyl (C=O) groups excluding carboxylic acids is 1. The van der Waals surface area contributed by atoms with Crippen LogP contribution in [0.15, 0.2) is 11.6 Å². The molecule has 3 fully saturated rings. The third kappa shape index (κ3) is 2.13. The van der Waals surface area contributed by atoms with Crippen molar-refractivity contribution < 1.29 is 9.90 Å². The summed E-state index contributed by atoms with van der Waals surface area (Å²) in [6.07, 6.45) is 11.1. The van der Waals surface area contributed by atoms with Crippen LogP contribution < -0.4 is 0 Å². The molecule has 0 aromatic rings. The van der Waals surface area contributed by atoms with Gasteiger partial charge in [-0.25, -0.2) is 0 Å². The Hall–Kier alpha value is -0.630. The van der Waals surface area contributed by atoms with E-state index >= 15 is 0 Å². The zero-order valence-corrected chi connectivity index (χ0v) is 15.0. The molecule has 4 aliphatic carbocycles. The highest BCUT2D eigenvalue weighted by Gasteiger charge is 2.59. The average molecular weight is 316 g/mol. The van der Waals surface area contributed by atoms with Crippen LogP contribution in [0.3, 0.4) is 0 Å². The van der Waals surface area contributed by atoms with Crippen molar-refractivity contribution in [3.8, 4) is 0 Å². The largest absolute Gasteiger partial charge is 0.393 e. The van der Waals surface area contributed by atoms with Gasteiger partial charge in [0.25, 0.3) is 0 Å². The Kier molecular flexibility index (Phi) is 3.58. The first-order valence-corrected chi connectivity index (χ1v) is 9.78. The molecule has 4 rings (SSSR count). The molecular formula is C21H32O2. The first-order chi connectivity index (χ1) is 10.9. The van der Waals surface area contributed by atoms with Gasteiger partial charge in [0, 0.05) is 6.42 Å². The fourth-order valence-electron chi connectivity index (χ4n) is 7.39. The molecular weight excluding hydrogens is 284 g/mol. The van der Waals surface area contributed by atoms with Gasteiger partial charge in [0.2, 0.25) is 0 Å². The second kappa shape index (κ2) is 5.18.